The molecule has 0 unspecified atom stereocenters. The molecule has 21 heavy (non-hydrogen) atoms. The number of amides is 2. The van der Waals surface area contributed by atoms with Gasteiger partial charge in [0.15, 0.2) is 0 Å². The fraction of sp³-hybridized carbons (Fsp3) is 0.176. The minimum absolute atomic E-state index is 0.131. The zero-order valence-corrected chi connectivity index (χ0v) is 12.0. The second-order valence-corrected chi connectivity index (χ2v) is 4.87. The Hall–Kier alpha value is -2.62. The average molecular weight is 282 g/mol. The maximum atomic E-state index is 12.6. The minimum Gasteiger partial charge on any atom is -0.370 e. The van der Waals surface area contributed by atoms with Crippen molar-refractivity contribution >= 4 is 17.5 Å². The molecule has 2 N–H and O–H groups in total. The van der Waals surface area contributed by atoms with Gasteiger partial charge >= 0.3 is 0 Å². The summed E-state index contributed by atoms with van der Waals surface area (Å²) in [6.45, 7) is 2.24. The Morgan fingerprint density at radius 2 is 1.62 bits per heavy atom. The third-order valence-electron chi connectivity index (χ3n) is 3.19. The number of benzene rings is 2. The molecule has 0 saturated heterocycles. The fourth-order valence-electron chi connectivity index (χ4n) is 2.03. The van der Waals surface area contributed by atoms with Crippen molar-refractivity contribution in [2.75, 3.05) is 11.4 Å². The Labute approximate surface area is 124 Å². The van der Waals surface area contributed by atoms with Crippen molar-refractivity contribution in [2.45, 2.75) is 13.3 Å². The first-order chi connectivity index (χ1) is 10.1. The number of para-hydroxylation sites is 1. The lowest BCUT2D eigenvalue weighted by atomic mass is 10.1. The van der Waals surface area contributed by atoms with E-state index in [1.165, 1.54) is 0 Å². The van der Waals surface area contributed by atoms with E-state index in [1.807, 2.05) is 49.4 Å². The first-order valence-electron chi connectivity index (χ1n) is 6.80. The Kier molecular flexibility index (Phi) is 4.72. The van der Waals surface area contributed by atoms with E-state index in [0.717, 1.165) is 11.3 Å². The molecule has 4 nitrogen and oxygen atoms in total. The third kappa shape index (κ3) is 3.92. The van der Waals surface area contributed by atoms with Gasteiger partial charge in [-0.1, -0.05) is 35.9 Å². The number of hydrogen-bond donors (Lipinski definition) is 1. The summed E-state index contributed by atoms with van der Waals surface area (Å²) in [6.07, 6.45) is 0.131. The molecule has 0 aromatic heterocycles. The van der Waals surface area contributed by atoms with Crippen molar-refractivity contribution in [1.82, 2.24) is 0 Å². The SMILES string of the molecule is Cc1ccc(C(=O)N(CCC(N)=O)c2ccccc2)cc1. The summed E-state index contributed by atoms with van der Waals surface area (Å²) in [7, 11) is 0. The van der Waals surface area contributed by atoms with Crippen LogP contribution in [0, 0.1) is 6.92 Å². The Morgan fingerprint density at radius 3 is 2.19 bits per heavy atom. The van der Waals surface area contributed by atoms with Crippen molar-refractivity contribution < 1.29 is 9.59 Å². The number of primary amides is 1. The molecule has 0 saturated carbocycles. The summed E-state index contributed by atoms with van der Waals surface area (Å²) in [4.78, 5) is 25.2. The number of carbonyl (C=O) groups excluding carboxylic acids is 2. The first kappa shape index (κ1) is 14.8. The van der Waals surface area contributed by atoms with Gasteiger partial charge in [0.05, 0.1) is 0 Å². The lowest BCUT2D eigenvalue weighted by Gasteiger charge is -2.22. The number of hydrogen-bond acceptors (Lipinski definition) is 2. The van der Waals surface area contributed by atoms with E-state index >= 15 is 0 Å². The molecule has 0 radical (unpaired) electrons. The van der Waals surface area contributed by atoms with Gasteiger partial charge in [0.2, 0.25) is 5.91 Å². The highest BCUT2D eigenvalue weighted by Gasteiger charge is 2.17. The highest BCUT2D eigenvalue weighted by molar-refractivity contribution is 6.06. The van der Waals surface area contributed by atoms with E-state index in [4.69, 9.17) is 5.73 Å². The van der Waals surface area contributed by atoms with Crippen LogP contribution in [-0.4, -0.2) is 18.4 Å². The molecule has 2 aromatic rings. The van der Waals surface area contributed by atoms with Gasteiger partial charge in [-0.15, -0.1) is 0 Å². The van der Waals surface area contributed by atoms with Gasteiger partial charge in [-0.3, -0.25) is 9.59 Å². The summed E-state index contributed by atoms with van der Waals surface area (Å²) in [5.74, 6) is -0.560. The van der Waals surface area contributed by atoms with Crippen LogP contribution in [0.15, 0.2) is 54.6 Å². The summed E-state index contributed by atoms with van der Waals surface area (Å²) in [5.41, 5.74) is 7.64. The van der Waals surface area contributed by atoms with Gasteiger partial charge < -0.3 is 10.6 Å². The lowest BCUT2D eigenvalue weighted by Crippen LogP contribution is -2.34. The molecule has 0 spiro atoms. The van der Waals surface area contributed by atoms with Crippen LogP contribution in [0.25, 0.3) is 0 Å². The van der Waals surface area contributed by atoms with E-state index in [1.54, 1.807) is 17.0 Å². The van der Waals surface area contributed by atoms with Crippen molar-refractivity contribution in [3.63, 3.8) is 0 Å². The molecule has 0 heterocycles. The number of rotatable bonds is 5. The molecule has 108 valence electrons. The molecule has 2 rings (SSSR count). The fourth-order valence-corrected chi connectivity index (χ4v) is 2.03. The van der Waals surface area contributed by atoms with E-state index < -0.39 is 5.91 Å². The van der Waals surface area contributed by atoms with Gasteiger partial charge in [-0.2, -0.15) is 0 Å². The van der Waals surface area contributed by atoms with Crippen LogP contribution in [0.4, 0.5) is 5.69 Å². The third-order valence-corrected chi connectivity index (χ3v) is 3.19. The zero-order valence-electron chi connectivity index (χ0n) is 12.0. The molecule has 0 bridgehead atoms. The highest BCUT2D eigenvalue weighted by atomic mass is 16.2. The first-order valence-corrected chi connectivity index (χ1v) is 6.80. The van der Waals surface area contributed by atoms with Crippen LogP contribution in [0.5, 0.6) is 0 Å². The molecule has 0 aliphatic rings. The number of aryl methyl sites for hydroxylation is 1. The molecular formula is C17H18N2O2. The van der Waals surface area contributed by atoms with Gasteiger partial charge in [-0.25, -0.2) is 0 Å². The predicted octanol–water partition coefficient (Wildman–Crippen LogP) is 2.52. The van der Waals surface area contributed by atoms with Gasteiger partial charge in [0.25, 0.3) is 5.91 Å². The Morgan fingerprint density at radius 1 is 1.00 bits per heavy atom. The van der Waals surface area contributed by atoms with E-state index in [-0.39, 0.29) is 18.9 Å². The molecule has 2 amide bonds. The average Bonchev–Trinajstić information content (AvgIpc) is 2.49. The van der Waals surface area contributed by atoms with Crippen molar-refractivity contribution in [1.29, 1.82) is 0 Å². The largest absolute Gasteiger partial charge is 0.370 e. The maximum absolute atomic E-state index is 12.6. The van der Waals surface area contributed by atoms with Crippen LogP contribution >= 0.6 is 0 Å². The molecule has 2 aromatic carbocycles. The van der Waals surface area contributed by atoms with Gasteiger partial charge in [0, 0.05) is 24.2 Å². The molecule has 0 atom stereocenters. The maximum Gasteiger partial charge on any atom is 0.258 e. The van der Waals surface area contributed by atoms with Crippen LogP contribution in [-0.2, 0) is 4.79 Å². The summed E-state index contributed by atoms with van der Waals surface area (Å²) in [6, 6.07) is 16.6. The lowest BCUT2D eigenvalue weighted by molar-refractivity contribution is -0.117. The topological polar surface area (TPSA) is 63.4 Å². The van der Waals surface area contributed by atoms with Gasteiger partial charge in [0.1, 0.15) is 0 Å². The second kappa shape index (κ2) is 6.70. The van der Waals surface area contributed by atoms with Crippen LogP contribution in [0.1, 0.15) is 22.3 Å². The monoisotopic (exact) mass is 282 g/mol. The highest BCUT2D eigenvalue weighted by Crippen LogP contribution is 2.17. The second-order valence-electron chi connectivity index (χ2n) is 4.87. The van der Waals surface area contributed by atoms with E-state index in [0.29, 0.717) is 5.56 Å². The quantitative estimate of drug-likeness (QED) is 0.915. The van der Waals surface area contributed by atoms with E-state index in [2.05, 4.69) is 0 Å². The Bertz CT molecular complexity index is 621. The Balaban J connectivity index is 2.28. The van der Waals surface area contributed by atoms with E-state index in [9.17, 15) is 9.59 Å². The minimum atomic E-state index is -0.423. The standard InChI is InChI=1S/C17H18N2O2/c1-13-7-9-14(10-8-13)17(21)19(12-11-16(18)20)15-5-3-2-4-6-15/h2-10H,11-12H2,1H3,(H2,18,20). The molecule has 0 fully saturated rings. The summed E-state index contributed by atoms with van der Waals surface area (Å²) in [5, 5.41) is 0. The number of nitrogens with two attached hydrogens (primary N) is 1. The molecule has 0 aliphatic carbocycles. The van der Waals surface area contributed by atoms with Crippen molar-refractivity contribution in [3.8, 4) is 0 Å². The van der Waals surface area contributed by atoms with Crippen molar-refractivity contribution in [3.05, 3.63) is 65.7 Å². The number of anilines is 1. The zero-order chi connectivity index (χ0) is 15.2. The van der Waals surface area contributed by atoms with Crippen molar-refractivity contribution in [2.24, 2.45) is 5.73 Å². The number of nitrogens with zero attached hydrogens (tertiary/aromatic N) is 1. The molecule has 4 heteroatoms. The predicted molar refractivity (Wildman–Crippen MR) is 83.1 cm³/mol. The molecule has 0 aliphatic heterocycles. The summed E-state index contributed by atoms with van der Waals surface area (Å²) < 4.78 is 0. The molecular weight excluding hydrogens is 264 g/mol. The smallest absolute Gasteiger partial charge is 0.258 e. The normalized spacial score (nSPS) is 10.1. The van der Waals surface area contributed by atoms with Crippen LogP contribution < -0.4 is 10.6 Å². The van der Waals surface area contributed by atoms with Crippen LogP contribution in [0.2, 0.25) is 0 Å². The summed E-state index contributed by atoms with van der Waals surface area (Å²) >= 11 is 0. The number of carbonyl (C=O) groups is 2. The van der Waals surface area contributed by atoms with Crippen LogP contribution in [0.3, 0.4) is 0 Å². The van der Waals surface area contributed by atoms with Gasteiger partial charge in [-0.05, 0) is 31.2 Å².